The van der Waals surface area contributed by atoms with Crippen LogP contribution < -0.4 is 0 Å². The molecule has 0 saturated carbocycles. The Kier molecular flexibility index (Phi) is 4.89. The van der Waals surface area contributed by atoms with Gasteiger partial charge in [0, 0.05) is 9.72 Å². The standard InChI is InChI=1S/C10H11BrF2S/c1-7(11)6-8-2-4-9(5-3-8)14-10(12)13/h2-5,7,10H,6H2,1H3. The van der Waals surface area contributed by atoms with Crippen LogP contribution in [0.25, 0.3) is 0 Å². The van der Waals surface area contributed by atoms with Crippen LogP contribution in [0.15, 0.2) is 29.2 Å². The van der Waals surface area contributed by atoms with Crippen molar-refractivity contribution in [1.82, 2.24) is 0 Å². The van der Waals surface area contributed by atoms with Gasteiger partial charge in [-0.25, -0.2) is 0 Å². The molecule has 4 heteroatoms. The molecule has 0 aromatic heterocycles. The van der Waals surface area contributed by atoms with E-state index in [4.69, 9.17) is 0 Å². The van der Waals surface area contributed by atoms with Crippen LogP contribution in [0.3, 0.4) is 0 Å². The summed E-state index contributed by atoms with van der Waals surface area (Å²) in [5.74, 6) is -2.34. The number of halogens is 3. The second kappa shape index (κ2) is 5.71. The molecule has 0 radical (unpaired) electrons. The number of thioether (sulfide) groups is 1. The van der Waals surface area contributed by atoms with Crippen molar-refractivity contribution in [3.8, 4) is 0 Å². The van der Waals surface area contributed by atoms with Crippen molar-refractivity contribution >= 4 is 27.7 Å². The molecule has 0 bridgehead atoms. The Morgan fingerprint density at radius 1 is 1.29 bits per heavy atom. The van der Waals surface area contributed by atoms with Crippen molar-refractivity contribution in [3.05, 3.63) is 29.8 Å². The van der Waals surface area contributed by atoms with Gasteiger partial charge in [0.15, 0.2) is 0 Å². The summed E-state index contributed by atoms with van der Waals surface area (Å²) >= 11 is 4.03. The van der Waals surface area contributed by atoms with Crippen LogP contribution >= 0.6 is 27.7 Å². The van der Waals surface area contributed by atoms with Crippen molar-refractivity contribution in [1.29, 1.82) is 0 Å². The Hall–Kier alpha value is -0.0900. The molecule has 78 valence electrons. The van der Waals surface area contributed by atoms with E-state index < -0.39 is 5.76 Å². The predicted octanol–water partition coefficient (Wildman–Crippen LogP) is 4.33. The second-order valence-electron chi connectivity index (χ2n) is 3.01. The molecule has 0 aliphatic rings. The lowest BCUT2D eigenvalue weighted by Gasteiger charge is -2.04. The topological polar surface area (TPSA) is 0 Å². The molecular weight excluding hydrogens is 270 g/mol. The van der Waals surface area contributed by atoms with Gasteiger partial charge in [-0.2, -0.15) is 8.78 Å². The molecule has 1 rings (SSSR count). The van der Waals surface area contributed by atoms with Crippen molar-refractivity contribution in [2.75, 3.05) is 0 Å². The zero-order valence-corrected chi connectivity index (χ0v) is 10.1. The third-order valence-electron chi connectivity index (χ3n) is 1.67. The highest BCUT2D eigenvalue weighted by Gasteiger charge is 2.05. The number of hydrogen-bond donors (Lipinski definition) is 0. The molecule has 1 aromatic carbocycles. The summed E-state index contributed by atoms with van der Waals surface area (Å²) < 4.78 is 24.0. The number of alkyl halides is 3. The first-order chi connectivity index (χ1) is 6.58. The second-order valence-corrected chi connectivity index (χ2v) is 5.63. The Labute approximate surface area is 95.2 Å². The first-order valence-electron chi connectivity index (χ1n) is 4.25. The summed E-state index contributed by atoms with van der Waals surface area (Å²) in [5, 5.41) is 0. The van der Waals surface area contributed by atoms with Crippen LogP contribution in [0.2, 0.25) is 0 Å². The maximum atomic E-state index is 12.0. The van der Waals surface area contributed by atoms with Crippen LogP contribution in [0, 0.1) is 0 Å². The van der Waals surface area contributed by atoms with Gasteiger partial charge in [-0.05, 0) is 24.1 Å². The largest absolute Gasteiger partial charge is 0.288 e. The number of hydrogen-bond acceptors (Lipinski definition) is 1. The van der Waals surface area contributed by atoms with E-state index >= 15 is 0 Å². The summed E-state index contributed by atoms with van der Waals surface area (Å²) in [4.78, 5) is 1.03. The van der Waals surface area contributed by atoms with Gasteiger partial charge in [0.25, 0.3) is 5.76 Å². The first kappa shape index (κ1) is 12.0. The van der Waals surface area contributed by atoms with Gasteiger partial charge in [0.05, 0.1) is 0 Å². The van der Waals surface area contributed by atoms with Crippen LogP contribution in [-0.4, -0.2) is 10.6 Å². The monoisotopic (exact) mass is 280 g/mol. The Morgan fingerprint density at radius 2 is 1.86 bits per heavy atom. The number of rotatable bonds is 4. The lowest BCUT2D eigenvalue weighted by molar-refractivity contribution is 0.252. The van der Waals surface area contributed by atoms with Crippen LogP contribution in [0.4, 0.5) is 8.78 Å². The summed E-state index contributed by atoms with van der Waals surface area (Å²) in [6.07, 6.45) is 0.916. The normalized spacial score (nSPS) is 13.2. The van der Waals surface area contributed by atoms with Crippen molar-refractivity contribution < 1.29 is 8.78 Å². The lowest BCUT2D eigenvalue weighted by atomic mass is 10.1. The first-order valence-corrected chi connectivity index (χ1v) is 6.05. The highest BCUT2D eigenvalue weighted by Crippen LogP contribution is 2.25. The third kappa shape index (κ3) is 4.42. The van der Waals surface area contributed by atoms with E-state index in [9.17, 15) is 8.78 Å². The minimum absolute atomic E-state index is 0.413. The zero-order valence-electron chi connectivity index (χ0n) is 7.71. The fourth-order valence-corrected chi connectivity index (χ4v) is 2.00. The van der Waals surface area contributed by atoms with Crippen molar-refractivity contribution in [3.63, 3.8) is 0 Å². The molecule has 0 fully saturated rings. The minimum Gasteiger partial charge on any atom is -0.198 e. The quantitative estimate of drug-likeness (QED) is 0.585. The summed E-state index contributed by atoms with van der Waals surface area (Å²) in [7, 11) is 0. The van der Waals surface area contributed by atoms with Crippen LogP contribution in [0.1, 0.15) is 12.5 Å². The summed E-state index contributed by atoms with van der Waals surface area (Å²) in [5.41, 5.74) is 1.16. The predicted molar refractivity (Wildman–Crippen MR) is 60.4 cm³/mol. The molecule has 0 spiro atoms. The molecule has 1 aromatic rings. The van der Waals surface area contributed by atoms with Gasteiger partial charge in [0.1, 0.15) is 0 Å². The fourth-order valence-electron chi connectivity index (χ4n) is 1.13. The molecular formula is C10H11BrF2S. The van der Waals surface area contributed by atoms with Gasteiger partial charge in [0.2, 0.25) is 0 Å². The van der Waals surface area contributed by atoms with Gasteiger partial charge < -0.3 is 0 Å². The summed E-state index contributed by atoms with van der Waals surface area (Å²) in [6.45, 7) is 2.06. The van der Waals surface area contributed by atoms with Gasteiger partial charge >= 0.3 is 0 Å². The third-order valence-corrected chi connectivity index (χ3v) is 2.71. The van der Waals surface area contributed by atoms with Crippen LogP contribution in [0.5, 0.6) is 0 Å². The SMILES string of the molecule is CC(Br)Cc1ccc(SC(F)F)cc1. The Balaban J connectivity index is 2.59. The fraction of sp³-hybridized carbons (Fsp3) is 0.400. The molecule has 1 atom stereocenters. The average Bonchev–Trinajstić information content (AvgIpc) is 2.06. The molecule has 1 unspecified atom stereocenters. The summed E-state index contributed by atoms with van der Waals surface area (Å²) in [6, 6.07) is 7.26. The van der Waals surface area contributed by atoms with E-state index in [2.05, 4.69) is 22.9 Å². The van der Waals surface area contributed by atoms with E-state index in [1.54, 1.807) is 12.1 Å². The van der Waals surface area contributed by atoms with E-state index in [0.717, 1.165) is 12.0 Å². The van der Waals surface area contributed by atoms with Gasteiger partial charge in [-0.3, -0.25) is 0 Å². The van der Waals surface area contributed by atoms with E-state index in [1.165, 1.54) is 0 Å². The molecule has 0 aliphatic carbocycles. The van der Waals surface area contributed by atoms with E-state index in [0.29, 0.717) is 21.5 Å². The highest BCUT2D eigenvalue weighted by molar-refractivity contribution is 9.09. The molecule has 0 saturated heterocycles. The molecule has 14 heavy (non-hydrogen) atoms. The van der Waals surface area contributed by atoms with Crippen molar-refractivity contribution in [2.24, 2.45) is 0 Å². The lowest BCUT2D eigenvalue weighted by Crippen LogP contribution is -1.95. The van der Waals surface area contributed by atoms with Gasteiger partial charge in [-0.15, -0.1) is 0 Å². The zero-order chi connectivity index (χ0) is 10.6. The molecule has 0 amide bonds. The Morgan fingerprint density at radius 3 is 2.29 bits per heavy atom. The smallest absolute Gasteiger partial charge is 0.198 e. The molecule has 0 heterocycles. The van der Waals surface area contributed by atoms with E-state index in [-0.39, 0.29) is 0 Å². The average molecular weight is 281 g/mol. The maximum Gasteiger partial charge on any atom is 0.288 e. The highest BCUT2D eigenvalue weighted by atomic mass is 79.9. The molecule has 0 aliphatic heterocycles. The maximum absolute atomic E-state index is 12.0. The molecule has 0 N–H and O–H groups in total. The molecule has 0 nitrogen and oxygen atoms in total. The van der Waals surface area contributed by atoms with E-state index in [1.807, 2.05) is 12.1 Å². The minimum atomic E-state index is -2.34. The van der Waals surface area contributed by atoms with Crippen molar-refractivity contribution in [2.45, 2.75) is 28.8 Å². The Bertz CT molecular complexity index is 243. The number of benzene rings is 1. The van der Waals surface area contributed by atoms with Crippen LogP contribution in [-0.2, 0) is 6.42 Å². The van der Waals surface area contributed by atoms with Gasteiger partial charge in [-0.1, -0.05) is 46.7 Å².